The van der Waals surface area contributed by atoms with Gasteiger partial charge < -0.3 is 0 Å². The third kappa shape index (κ3) is 2.93. The summed E-state index contributed by atoms with van der Waals surface area (Å²) in [6, 6.07) is 17.6. The summed E-state index contributed by atoms with van der Waals surface area (Å²) >= 11 is 0. The lowest BCUT2D eigenvalue weighted by Crippen LogP contribution is -2.36. The Hall–Kier alpha value is -2.66. The van der Waals surface area contributed by atoms with Crippen LogP contribution in [-0.2, 0) is 0 Å². The Kier molecular flexibility index (Phi) is 4.35. The van der Waals surface area contributed by atoms with E-state index in [1.807, 2.05) is 12.1 Å². The van der Waals surface area contributed by atoms with Crippen molar-refractivity contribution in [1.29, 1.82) is 0 Å². The summed E-state index contributed by atoms with van der Waals surface area (Å²) in [5, 5.41) is 0. The maximum absolute atomic E-state index is 12.8. The van der Waals surface area contributed by atoms with Crippen LogP contribution in [-0.4, -0.2) is 11.6 Å². The first-order valence-electron chi connectivity index (χ1n) is 6.73. The molecule has 0 bridgehead atoms. The van der Waals surface area contributed by atoms with Crippen molar-refractivity contribution < 1.29 is 9.59 Å². The third-order valence-electron chi connectivity index (χ3n) is 3.53. The lowest BCUT2D eigenvalue weighted by atomic mass is 9.74. The fourth-order valence-corrected chi connectivity index (χ4v) is 2.28. The van der Waals surface area contributed by atoms with Crippen LogP contribution in [0.3, 0.4) is 0 Å². The molecular weight excluding hydrogens is 260 g/mol. The predicted molar refractivity (Wildman–Crippen MR) is 83.1 cm³/mol. The Morgan fingerprint density at radius 3 is 1.62 bits per heavy atom. The zero-order valence-corrected chi connectivity index (χ0v) is 11.9. The summed E-state index contributed by atoms with van der Waals surface area (Å²) in [7, 11) is 0. The number of carbonyl (C=O) groups is 2. The molecule has 2 heteroatoms. The minimum absolute atomic E-state index is 0.0778. The van der Waals surface area contributed by atoms with E-state index >= 15 is 0 Å². The number of rotatable bonds is 5. The number of carbonyl (C=O) groups excluding carboxylic acids is 2. The van der Waals surface area contributed by atoms with E-state index in [9.17, 15) is 9.59 Å². The van der Waals surface area contributed by atoms with Crippen LogP contribution in [0.5, 0.6) is 0 Å². The van der Waals surface area contributed by atoms with Crippen LogP contribution in [0, 0.1) is 17.8 Å². The van der Waals surface area contributed by atoms with Crippen molar-refractivity contribution in [3.8, 4) is 12.3 Å². The van der Waals surface area contributed by atoms with Crippen LogP contribution in [0.4, 0.5) is 0 Å². The number of hydrogen-bond acceptors (Lipinski definition) is 2. The van der Waals surface area contributed by atoms with E-state index in [2.05, 4.69) is 5.92 Å². The average Bonchev–Trinajstić information content (AvgIpc) is 2.55. The van der Waals surface area contributed by atoms with Crippen LogP contribution in [0.1, 0.15) is 34.1 Å². The van der Waals surface area contributed by atoms with Crippen molar-refractivity contribution in [1.82, 2.24) is 0 Å². The molecule has 0 aliphatic carbocycles. The van der Waals surface area contributed by atoms with Crippen molar-refractivity contribution in [2.75, 3.05) is 0 Å². The molecule has 0 atom stereocenters. The normalized spacial score (nSPS) is 10.7. The van der Waals surface area contributed by atoms with Crippen molar-refractivity contribution in [3.05, 3.63) is 71.8 Å². The molecule has 0 unspecified atom stereocenters. The van der Waals surface area contributed by atoms with Gasteiger partial charge in [0.15, 0.2) is 11.6 Å². The third-order valence-corrected chi connectivity index (χ3v) is 3.53. The van der Waals surface area contributed by atoms with Crippen molar-refractivity contribution >= 4 is 11.6 Å². The second-order valence-electron chi connectivity index (χ2n) is 5.10. The quantitative estimate of drug-likeness (QED) is 0.473. The molecule has 0 saturated heterocycles. The van der Waals surface area contributed by atoms with Gasteiger partial charge in [-0.1, -0.05) is 60.7 Å². The van der Waals surface area contributed by atoms with Gasteiger partial charge in [-0.3, -0.25) is 9.59 Å². The number of hydrogen-bond donors (Lipinski definition) is 0. The van der Waals surface area contributed by atoms with Gasteiger partial charge >= 0.3 is 0 Å². The lowest BCUT2D eigenvalue weighted by Gasteiger charge is -2.24. The molecule has 0 amide bonds. The van der Waals surface area contributed by atoms with Gasteiger partial charge in [0.25, 0.3) is 0 Å². The van der Waals surface area contributed by atoms with Crippen LogP contribution in [0.25, 0.3) is 0 Å². The van der Waals surface area contributed by atoms with Crippen LogP contribution in [0.2, 0.25) is 0 Å². The van der Waals surface area contributed by atoms with E-state index < -0.39 is 5.41 Å². The summed E-state index contributed by atoms with van der Waals surface area (Å²) in [4.78, 5) is 25.5. The highest BCUT2D eigenvalue weighted by Crippen LogP contribution is 2.31. The number of Topliss-reactive ketones (excluding diaryl/α,β-unsaturated/α-hetero) is 2. The van der Waals surface area contributed by atoms with Crippen LogP contribution in [0.15, 0.2) is 60.7 Å². The van der Waals surface area contributed by atoms with E-state index in [4.69, 9.17) is 6.42 Å². The minimum Gasteiger partial charge on any atom is -0.293 e. The van der Waals surface area contributed by atoms with Crippen LogP contribution < -0.4 is 0 Å². The molecule has 0 aromatic heterocycles. The first kappa shape index (κ1) is 14.7. The second kappa shape index (κ2) is 6.19. The molecule has 21 heavy (non-hydrogen) atoms. The average molecular weight is 276 g/mol. The molecule has 2 rings (SSSR count). The summed E-state index contributed by atoms with van der Waals surface area (Å²) in [6.07, 6.45) is 5.47. The molecule has 0 N–H and O–H groups in total. The van der Waals surface area contributed by atoms with E-state index in [1.165, 1.54) is 0 Å². The van der Waals surface area contributed by atoms with Gasteiger partial charge in [-0.2, -0.15) is 0 Å². The number of benzene rings is 2. The van der Waals surface area contributed by atoms with Gasteiger partial charge in [0, 0.05) is 17.5 Å². The first-order valence-corrected chi connectivity index (χ1v) is 6.73. The Morgan fingerprint density at radius 2 is 1.29 bits per heavy atom. The Morgan fingerprint density at radius 1 is 0.905 bits per heavy atom. The SMILES string of the molecule is C#CCC(C)(C(=O)c1ccccc1)C(=O)c1ccccc1. The Bertz CT molecular complexity index is 627. The van der Waals surface area contributed by atoms with Gasteiger partial charge in [0.1, 0.15) is 5.41 Å². The molecule has 104 valence electrons. The molecule has 0 heterocycles. The van der Waals surface area contributed by atoms with E-state index in [0.717, 1.165) is 0 Å². The molecule has 0 aliphatic heterocycles. The summed E-state index contributed by atoms with van der Waals surface area (Å²) in [6.45, 7) is 1.62. The topological polar surface area (TPSA) is 34.1 Å². The van der Waals surface area contributed by atoms with E-state index in [1.54, 1.807) is 55.5 Å². The fraction of sp³-hybridized carbons (Fsp3) is 0.158. The second-order valence-corrected chi connectivity index (χ2v) is 5.10. The number of ketones is 2. The van der Waals surface area contributed by atoms with Crippen molar-refractivity contribution in [2.24, 2.45) is 5.41 Å². The first-order chi connectivity index (χ1) is 10.1. The molecule has 0 spiro atoms. The molecule has 0 fully saturated rings. The molecular formula is C19H16O2. The van der Waals surface area contributed by atoms with Crippen molar-refractivity contribution in [2.45, 2.75) is 13.3 Å². The van der Waals surface area contributed by atoms with Gasteiger partial charge in [-0.25, -0.2) is 0 Å². The fourth-order valence-electron chi connectivity index (χ4n) is 2.28. The summed E-state index contributed by atoms with van der Waals surface area (Å²) in [5.41, 5.74) is -0.240. The highest BCUT2D eigenvalue weighted by atomic mass is 16.2. The van der Waals surface area contributed by atoms with Gasteiger partial charge in [-0.05, 0) is 6.92 Å². The maximum atomic E-state index is 12.8. The monoisotopic (exact) mass is 276 g/mol. The van der Waals surface area contributed by atoms with Crippen molar-refractivity contribution in [3.63, 3.8) is 0 Å². The van der Waals surface area contributed by atoms with Gasteiger partial charge in [0.2, 0.25) is 0 Å². The standard InChI is InChI=1S/C19H16O2/c1-3-14-19(2,17(20)15-10-6-4-7-11-15)18(21)16-12-8-5-9-13-16/h1,4-13H,14H2,2H3. The number of terminal acetylenes is 1. The lowest BCUT2D eigenvalue weighted by molar-refractivity contribution is 0.0693. The maximum Gasteiger partial charge on any atom is 0.177 e. The molecule has 2 aromatic carbocycles. The van der Waals surface area contributed by atoms with Gasteiger partial charge in [-0.15, -0.1) is 12.3 Å². The largest absolute Gasteiger partial charge is 0.293 e. The van der Waals surface area contributed by atoms with E-state index in [0.29, 0.717) is 11.1 Å². The molecule has 0 aliphatic rings. The summed E-state index contributed by atoms with van der Waals surface area (Å²) < 4.78 is 0. The highest BCUT2D eigenvalue weighted by Gasteiger charge is 2.40. The Balaban J connectivity index is 2.44. The molecule has 0 radical (unpaired) electrons. The van der Waals surface area contributed by atoms with E-state index in [-0.39, 0.29) is 18.0 Å². The smallest absolute Gasteiger partial charge is 0.177 e. The highest BCUT2D eigenvalue weighted by molar-refractivity contribution is 6.19. The zero-order chi connectivity index (χ0) is 15.3. The molecule has 0 saturated carbocycles. The summed E-state index contributed by atoms with van der Waals surface area (Å²) in [5.74, 6) is 1.99. The van der Waals surface area contributed by atoms with Gasteiger partial charge in [0.05, 0.1) is 0 Å². The minimum atomic E-state index is -1.24. The molecule has 2 nitrogen and oxygen atoms in total. The predicted octanol–water partition coefficient (Wildman–Crippen LogP) is 3.78. The Labute approximate surface area is 124 Å². The van der Waals surface area contributed by atoms with Crippen LogP contribution >= 0.6 is 0 Å². The zero-order valence-electron chi connectivity index (χ0n) is 11.9. The molecule has 2 aromatic rings.